The van der Waals surface area contributed by atoms with Crippen LogP contribution < -0.4 is 0 Å². The van der Waals surface area contributed by atoms with Gasteiger partial charge in [-0.3, -0.25) is 14.9 Å². The maximum atomic E-state index is 11.0. The van der Waals surface area contributed by atoms with Gasteiger partial charge in [0, 0.05) is 24.2 Å². The van der Waals surface area contributed by atoms with Crippen molar-refractivity contribution in [2.75, 3.05) is 19.8 Å². The molecular formula is C10H11N3O2. The Morgan fingerprint density at radius 1 is 1.67 bits per heavy atom. The number of aromatic nitrogens is 1. The molecule has 1 aliphatic heterocycles. The van der Waals surface area contributed by atoms with Crippen molar-refractivity contribution in [1.82, 2.24) is 9.88 Å². The third-order valence-electron chi connectivity index (χ3n) is 2.02. The smallest absolute Gasteiger partial charge is 0.411 e. The second-order valence-corrected chi connectivity index (χ2v) is 3.12. The number of rotatable bonds is 3. The van der Waals surface area contributed by atoms with E-state index in [1.165, 1.54) is 0 Å². The molecule has 2 rings (SSSR count). The number of carbonyl (C=O) groups is 1. The molecule has 0 radical (unpaired) electrons. The summed E-state index contributed by atoms with van der Waals surface area (Å²) in [5, 5.41) is 0. The number of ether oxygens (including phenoxy) is 1. The predicted molar refractivity (Wildman–Crippen MR) is 54.8 cm³/mol. The molecule has 15 heavy (non-hydrogen) atoms. The molecule has 0 bridgehead atoms. The fourth-order valence-electron chi connectivity index (χ4n) is 1.25. The van der Waals surface area contributed by atoms with E-state index < -0.39 is 0 Å². The monoisotopic (exact) mass is 205 g/mol. The third kappa shape index (κ3) is 2.52. The summed E-state index contributed by atoms with van der Waals surface area (Å²) in [6, 6.07) is 3.74. The summed E-state index contributed by atoms with van der Waals surface area (Å²) in [7, 11) is 0. The van der Waals surface area contributed by atoms with Crippen LogP contribution in [-0.2, 0) is 4.74 Å². The lowest BCUT2D eigenvalue weighted by atomic mass is 10.3. The van der Waals surface area contributed by atoms with Crippen molar-refractivity contribution in [2.24, 2.45) is 4.99 Å². The summed E-state index contributed by atoms with van der Waals surface area (Å²) >= 11 is 0. The largest absolute Gasteiger partial charge is 0.447 e. The molecule has 0 N–H and O–H groups in total. The molecule has 1 amide bonds. The Balaban J connectivity index is 1.88. The molecule has 0 saturated carbocycles. The first kappa shape index (κ1) is 9.64. The Morgan fingerprint density at radius 2 is 2.60 bits per heavy atom. The first-order chi connectivity index (χ1) is 7.36. The van der Waals surface area contributed by atoms with E-state index >= 15 is 0 Å². The molecule has 2 heterocycles. The quantitative estimate of drug-likeness (QED) is 0.689. The van der Waals surface area contributed by atoms with Crippen LogP contribution >= 0.6 is 0 Å². The molecule has 1 fully saturated rings. The van der Waals surface area contributed by atoms with E-state index in [0.717, 1.165) is 5.56 Å². The topological polar surface area (TPSA) is 54.8 Å². The fraction of sp³-hybridized carbons (Fsp3) is 0.300. The van der Waals surface area contributed by atoms with E-state index in [1.54, 1.807) is 23.5 Å². The minimum atomic E-state index is -0.293. The van der Waals surface area contributed by atoms with Gasteiger partial charge in [-0.2, -0.15) is 0 Å². The Hall–Kier alpha value is -1.91. The van der Waals surface area contributed by atoms with Gasteiger partial charge in [-0.05, 0) is 6.07 Å². The number of aliphatic imine (C=N–C) groups is 1. The van der Waals surface area contributed by atoms with E-state index in [9.17, 15) is 4.79 Å². The lowest BCUT2D eigenvalue weighted by Gasteiger charge is -2.07. The SMILES string of the molecule is O=C1OCCN1C/N=C/c1cccnc1. The lowest BCUT2D eigenvalue weighted by Crippen LogP contribution is -2.24. The molecule has 0 unspecified atom stereocenters. The average Bonchev–Trinajstić information content (AvgIpc) is 2.66. The highest BCUT2D eigenvalue weighted by Crippen LogP contribution is 2.02. The van der Waals surface area contributed by atoms with E-state index in [-0.39, 0.29) is 6.09 Å². The molecule has 5 heteroatoms. The number of carbonyl (C=O) groups excluding carboxylic acids is 1. The zero-order valence-electron chi connectivity index (χ0n) is 8.17. The van der Waals surface area contributed by atoms with Crippen LogP contribution in [0.4, 0.5) is 4.79 Å². The van der Waals surface area contributed by atoms with E-state index in [1.807, 2.05) is 12.1 Å². The minimum Gasteiger partial charge on any atom is -0.447 e. The van der Waals surface area contributed by atoms with Gasteiger partial charge in [-0.15, -0.1) is 0 Å². The van der Waals surface area contributed by atoms with Crippen molar-refractivity contribution in [3.63, 3.8) is 0 Å². The second-order valence-electron chi connectivity index (χ2n) is 3.12. The van der Waals surface area contributed by atoms with Crippen LogP contribution in [0.1, 0.15) is 5.56 Å². The Bertz CT molecular complexity index is 364. The van der Waals surface area contributed by atoms with Crippen LogP contribution in [0.5, 0.6) is 0 Å². The molecule has 1 saturated heterocycles. The summed E-state index contributed by atoms with van der Waals surface area (Å²) in [5.74, 6) is 0. The first-order valence-electron chi connectivity index (χ1n) is 4.68. The van der Waals surface area contributed by atoms with Crippen LogP contribution in [0.3, 0.4) is 0 Å². The van der Waals surface area contributed by atoms with Gasteiger partial charge in [0.15, 0.2) is 0 Å². The number of cyclic esters (lactones) is 1. The highest BCUT2D eigenvalue weighted by atomic mass is 16.6. The van der Waals surface area contributed by atoms with Gasteiger partial charge in [-0.25, -0.2) is 4.79 Å². The molecule has 0 aromatic carbocycles. The molecular weight excluding hydrogens is 194 g/mol. The van der Waals surface area contributed by atoms with Gasteiger partial charge in [0.1, 0.15) is 13.3 Å². The molecule has 0 aliphatic carbocycles. The van der Waals surface area contributed by atoms with E-state index in [0.29, 0.717) is 19.8 Å². The molecule has 1 aromatic heterocycles. The number of hydrogen-bond donors (Lipinski definition) is 0. The van der Waals surface area contributed by atoms with Gasteiger partial charge in [0.25, 0.3) is 0 Å². The van der Waals surface area contributed by atoms with Crippen molar-refractivity contribution in [1.29, 1.82) is 0 Å². The molecule has 0 atom stereocenters. The minimum absolute atomic E-state index is 0.293. The van der Waals surface area contributed by atoms with Gasteiger partial charge in [0.2, 0.25) is 0 Å². The molecule has 0 spiro atoms. The molecule has 5 nitrogen and oxygen atoms in total. The third-order valence-corrected chi connectivity index (χ3v) is 2.02. The van der Waals surface area contributed by atoms with Gasteiger partial charge in [-0.1, -0.05) is 6.07 Å². The van der Waals surface area contributed by atoms with Crippen molar-refractivity contribution in [3.05, 3.63) is 30.1 Å². The Labute approximate surface area is 87.4 Å². The van der Waals surface area contributed by atoms with Gasteiger partial charge in [0.05, 0.1) is 6.54 Å². The summed E-state index contributed by atoms with van der Waals surface area (Å²) in [4.78, 5) is 20.7. The van der Waals surface area contributed by atoms with Crippen LogP contribution in [-0.4, -0.2) is 42.0 Å². The normalized spacial score (nSPS) is 16.0. The average molecular weight is 205 g/mol. The van der Waals surface area contributed by atoms with E-state index in [4.69, 9.17) is 4.74 Å². The van der Waals surface area contributed by atoms with Gasteiger partial charge >= 0.3 is 6.09 Å². The number of amides is 1. The Kier molecular flexibility index (Phi) is 2.92. The summed E-state index contributed by atoms with van der Waals surface area (Å²) in [6.07, 6.45) is 4.82. The fourth-order valence-corrected chi connectivity index (χ4v) is 1.25. The summed E-state index contributed by atoms with van der Waals surface area (Å²) in [5.41, 5.74) is 0.921. The van der Waals surface area contributed by atoms with Crippen LogP contribution in [0.25, 0.3) is 0 Å². The van der Waals surface area contributed by atoms with Crippen molar-refractivity contribution in [2.45, 2.75) is 0 Å². The standard InChI is InChI=1S/C10H11N3O2/c14-10-13(4-5-15-10)8-12-7-9-2-1-3-11-6-9/h1-3,6-7H,4-5,8H2/b12-7+. The van der Waals surface area contributed by atoms with Crippen molar-refractivity contribution < 1.29 is 9.53 Å². The zero-order chi connectivity index (χ0) is 10.5. The summed E-state index contributed by atoms with van der Waals surface area (Å²) < 4.78 is 4.77. The van der Waals surface area contributed by atoms with Crippen molar-refractivity contribution in [3.8, 4) is 0 Å². The maximum Gasteiger partial charge on any atom is 0.411 e. The highest BCUT2D eigenvalue weighted by molar-refractivity contribution is 5.79. The first-order valence-corrected chi connectivity index (χ1v) is 4.68. The molecule has 1 aromatic rings. The summed E-state index contributed by atoms with van der Waals surface area (Å²) in [6.45, 7) is 1.41. The number of hydrogen-bond acceptors (Lipinski definition) is 4. The highest BCUT2D eigenvalue weighted by Gasteiger charge is 2.20. The number of pyridine rings is 1. The number of nitrogens with zero attached hydrogens (tertiary/aromatic N) is 3. The Morgan fingerprint density at radius 3 is 3.27 bits per heavy atom. The predicted octanol–water partition coefficient (Wildman–Crippen LogP) is 0.910. The zero-order valence-corrected chi connectivity index (χ0v) is 8.17. The van der Waals surface area contributed by atoms with Gasteiger partial charge < -0.3 is 4.74 Å². The maximum absolute atomic E-state index is 11.0. The lowest BCUT2D eigenvalue weighted by molar-refractivity contribution is 0.159. The van der Waals surface area contributed by atoms with Crippen LogP contribution in [0, 0.1) is 0 Å². The van der Waals surface area contributed by atoms with Crippen LogP contribution in [0.15, 0.2) is 29.5 Å². The molecule has 78 valence electrons. The van der Waals surface area contributed by atoms with Crippen LogP contribution in [0.2, 0.25) is 0 Å². The molecule has 1 aliphatic rings. The second kappa shape index (κ2) is 4.54. The van der Waals surface area contributed by atoms with E-state index in [2.05, 4.69) is 9.98 Å². The van der Waals surface area contributed by atoms with Crippen molar-refractivity contribution >= 4 is 12.3 Å².